The molecule has 2 rings (SSSR count). The topological polar surface area (TPSA) is 112 Å². The first-order valence-electron chi connectivity index (χ1n) is 5.43. The van der Waals surface area contributed by atoms with Crippen LogP contribution in [0.4, 0.5) is 10.2 Å². The summed E-state index contributed by atoms with van der Waals surface area (Å²) in [6, 6.07) is 1.33. The van der Waals surface area contributed by atoms with Crippen LogP contribution in [-0.4, -0.2) is 39.7 Å². The molecule has 1 aromatic rings. The average Bonchev–Trinajstić information content (AvgIpc) is 2.64. The number of rotatable bonds is 2. The van der Waals surface area contributed by atoms with Crippen LogP contribution in [0.1, 0.15) is 6.23 Å². The van der Waals surface area contributed by atoms with E-state index in [9.17, 15) is 19.4 Å². The summed E-state index contributed by atoms with van der Waals surface area (Å²) in [6.45, 7) is -0.769. The largest absolute Gasteiger partial charge is 0.499 e. The minimum atomic E-state index is -1.96. The molecule has 0 unspecified atom stereocenters. The predicted octanol–water partition coefficient (Wildman–Crippen LogP) is -2.16. The van der Waals surface area contributed by atoms with Crippen LogP contribution >= 0.6 is 0 Å². The van der Waals surface area contributed by atoms with E-state index in [0.29, 0.717) is 0 Å². The monoisotopic (exact) mass is 270 g/mol. The number of aliphatic hydroxyl groups excluding tert-OH is 2. The van der Waals surface area contributed by atoms with Crippen LogP contribution in [0.25, 0.3) is 0 Å². The summed E-state index contributed by atoms with van der Waals surface area (Å²) in [6.07, 6.45) is 1.23. The lowest BCUT2D eigenvalue weighted by Crippen LogP contribution is -2.57. The van der Waals surface area contributed by atoms with E-state index in [-0.39, 0.29) is 5.82 Å². The minimum absolute atomic E-state index is 0.0978. The molecule has 1 fully saturated rings. The van der Waals surface area contributed by atoms with Crippen LogP contribution in [0.5, 0.6) is 0 Å². The molecule has 4 atom stereocenters. The highest BCUT2D eigenvalue weighted by atomic mass is 19.1. The smallest absolute Gasteiger partial charge is 0.392 e. The number of ether oxygens (including phenoxy) is 1. The number of anilines is 1. The number of nitrogens with two attached hydrogens (primary N) is 1. The summed E-state index contributed by atoms with van der Waals surface area (Å²) in [4.78, 5) is 13.9. The Labute approximate surface area is 107 Å². The Hall–Kier alpha value is -1.95. The molecular formula is C11H13FN3O4+. The SMILES string of the molecule is C#C[C@]1(CO)O[C@@H]([n+]2ccc(N)[nH]c2=O)[C@H](F)[C@@H]1O. The summed E-state index contributed by atoms with van der Waals surface area (Å²) < 4.78 is 20.1. The molecule has 1 aromatic heterocycles. The average molecular weight is 270 g/mol. The zero-order chi connectivity index (χ0) is 14.2. The van der Waals surface area contributed by atoms with E-state index in [2.05, 4.69) is 4.98 Å². The number of H-pyrrole nitrogens is 1. The Kier molecular flexibility index (Phi) is 3.28. The van der Waals surface area contributed by atoms with Gasteiger partial charge in [-0.15, -0.1) is 6.42 Å². The van der Waals surface area contributed by atoms with Gasteiger partial charge in [-0.05, 0) is 0 Å². The highest BCUT2D eigenvalue weighted by molar-refractivity contribution is 5.22. The van der Waals surface area contributed by atoms with E-state index in [1.807, 2.05) is 5.92 Å². The van der Waals surface area contributed by atoms with Crippen LogP contribution in [0.15, 0.2) is 17.1 Å². The van der Waals surface area contributed by atoms with Gasteiger partial charge in [0.1, 0.15) is 12.3 Å². The second kappa shape index (κ2) is 4.62. The van der Waals surface area contributed by atoms with Crippen molar-refractivity contribution in [2.75, 3.05) is 12.3 Å². The first-order chi connectivity index (χ1) is 8.95. The second-order valence-corrected chi connectivity index (χ2v) is 4.20. The van der Waals surface area contributed by atoms with Gasteiger partial charge in [0.2, 0.25) is 6.23 Å². The second-order valence-electron chi connectivity index (χ2n) is 4.20. The molecule has 102 valence electrons. The molecule has 0 amide bonds. The van der Waals surface area contributed by atoms with Crippen molar-refractivity contribution in [1.82, 2.24) is 4.98 Å². The highest BCUT2D eigenvalue weighted by Crippen LogP contribution is 2.35. The molecule has 19 heavy (non-hydrogen) atoms. The van der Waals surface area contributed by atoms with Crippen molar-refractivity contribution < 1.29 is 23.9 Å². The van der Waals surface area contributed by atoms with Crippen LogP contribution < -0.4 is 16.0 Å². The minimum Gasteiger partial charge on any atom is -0.392 e. The van der Waals surface area contributed by atoms with Crippen LogP contribution in [-0.2, 0) is 4.74 Å². The van der Waals surface area contributed by atoms with Crippen molar-refractivity contribution in [3.05, 3.63) is 22.7 Å². The number of aromatic nitrogens is 2. The molecule has 1 aliphatic heterocycles. The lowest BCUT2D eigenvalue weighted by Gasteiger charge is -2.22. The molecule has 0 saturated carbocycles. The van der Waals surface area contributed by atoms with Crippen molar-refractivity contribution in [1.29, 1.82) is 0 Å². The van der Waals surface area contributed by atoms with Gasteiger partial charge >= 0.3 is 5.69 Å². The van der Waals surface area contributed by atoms with Crippen molar-refractivity contribution >= 4 is 5.82 Å². The van der Waals surface area contributed by atoms with Gasteiger partial charge in [0.05, 0.1) is 6.61 Å². The quantitative estimate of drug-likeness (QED) is 0.361. The van der Waals surface area contributed by atoms with Gasteiger partial charge in [0, 0.05) is 6.07 Å². The summed E-state index contributed by atoms with van der Waals surface area (Å²) in [7, 11) is 0. The van der Waals surface area contributed by atoms with Gasteiger partial charge in [0.25, 0.3) is 0 Å². The highest BCUT2D eigenvalue weighted by Gasteiger charge is 2.57. The number of nitrogens with one attached hydrogen (secondary N) is 1. The summed E-state index contributed by atoms with van der Waals surface area (Å²) >= 11 is 0. The third-order valence-corrected chi connectivity index (χ3v) is 3.04. The van der Waals surface area contributed by atoms with Crippen molar-refractivity contribution in [3.8, 4) is 12.3 Å². The third-order valence-electron chi connectivity index (χ3n) is 3.04. The van der Waals surface area contributed by atoms with Gasteiger partial charge < -0.3 is 20.7 Å². The molecule has 0 spiro atoms. The third kappa shape index (κ3) is 1.98. The number of alkyl halides is 1. The fraction of sp³-hybridized carbons (Fsp3) is 0.455. The summed E-state index contributed by atoms with van der Waals surface area (Å²) in [5.74, 6) is 2.12. The maximum atomic E-state index is 14.0. The number of aromatic amines is 1. The number of halogens is 1. The first-order valence-corrected chi connectivity index (χ1v) is 5.43. The summed E-state index contributed by atoms with van der Waals surface area (Å²) in [5.41, 5.74) is 2.78. The van der Waals surface area contributed by atoms with Crippen LogP contribution in [0.2, 0.25) is 0 Å². The number of aliphatic hydroxyl groups is 2. The zero-order valence-corrected chi connectivity index (χ0v) is 9.78. The van der Waals surface area contributed by atoms with E-state index in [0.717, 1.165) is 4.57 Å². The Morgan fingerprint density at radius 2 is 2.42 bits per heavy atom. The molecule has 0 bridgehead atoms. The Bertz CT molecular complexity index is 584. The van der Waals surface area contributed by atoms with Gasteiger partial charge in [-0.1, -0.05) is 5.92 Å². The Morgan fingerprint density at radius 3 is 2.89 bits per heavy atom. The van der Waals surface area contributed by atoms with E-state index < -0.39 is 36.4 Å². The van der Waals surface area contributed by atoms with Gasteiger partial charge in [-0.25, -0.2) is 4.39 Å². The first kappa shape index (κ1) is 13.5. The molecule has 7 nitrogen and oxygen atoms in total. The number of nitrogens with zero attached hydrogens (tertiary/aromatic N) is 1. The fourth-order valence-corrected chi connectivity index (χ4v) is 1.93. The lowest BCUT2D eigenvalue weighted by molar-refractivity contribution is -0.779. The standard InChI is InChI=1S/C11H12FN3O4/c1-2-11(5-16)8(17)7(12)9(19-11)15-4-3-6(13)14-10(15)18/h1,3-4,7-9,16-17H,5H2,(H2,13,14,18)/p+1/t7-,8+,9-,11-/m1/s1. The molecule has 8 heteroatoms. The Balaban J connectivity index is 2.43. The lowest BCUT2D eigenvalue weighted by atomic mass is 9.98. The van der Waals surface area contributed by atoms with Crippen LogP contribution in [0.3, 0.4) is 0 Å². The number of nitrogen functional groups attached to an aromatic ring is 1. The zero-order valence-electron chi connectivity index (χ0n) is 9.78. The van der Waals surface area contributed by atoms with Crippen molar-refractivity contribution in [2.45, 2.75) is 24.1 Å². The van der Waals surface area contributed by atoms with E-state index in [1.165, 1.54) is 12.3 Å². The van der Waals surface area contributed by atoms with Gasteiger partial charge in [-0.2, -0.15) is 14.3 Å². The van der Waals surface area contributed by atoms with Crippen molar-refractivity contribution in [2.24, 2.45) is 0 Å². The predicted molar refractivity (Wildman–Crippen MR) is 61.3 cm³/mol. The fourth-order valence-electron chi connectivity index (χ4n) is 1.93. The molecular weight excluding hydrogens is 257 g/mol. The van der Waals surface area contributed by atoms with Crippen LogP contribution in [0, 0.1) is 12.3 Å². The molecule has 0 radical (unpaired) electrons. The molecule has 0 aromatic carbocycles. The normalized spacial score (nSPS) is 34.1. The molecule has 5 N–H and O–H groups in total. The Morgan fingerprint density at radius 1 is 1.74 bits per heavy atom. The van der Waals surface area contributed by atoms with Gasteiger partial charge in [0.15, 0.2) is 17.6 Å². The maximum absolute atomic E-state index is 14.0. The van der Waals surface area contributed by atoms with Gasteiger partial charge in [-0.3, -0.25) is 0 Å². The number of hydrogen-bond acceptors (Lipinski definition) is 5. The van der Waals surface area contributed by atoms with Crippen molar-refractivity contribution in [3.63, 3.8) is 0 Å². The number of terminal acetylenes is 1. The molecule has 0 aliphatic carbocycles. The van der Waals surface area contributed by atoms with E-state index in [4.69, 9.17) is 16.9 Å². The molecule has 2 heterocycles. The molecule has 1 saturated heterocycles. The number of hydrogen-bond donors (Lipinski definition) is 4. The molecule has 1 aliphatic rings. The van der Waals surface area contributed by atoms with E-state index >= 15 is 0 Å². The maximum Gasteiger partial charge on any atom is 0.499 e. The summed E-state index contributed by atoms with van der Waals surface area (Å²) in [5, 5.41) is 18.9. The van der Waals surface area contributed by atoms with E-state index in [1.54, 1.807) is 0 Å².